The number of benzene rings is 2. The van der Waals surface area contributed by atoms with Gasteiger partial charge in [0, 0.05) is 12.1 Å². The van der Waals surface area contributed by atoms with Gasteiger partial charge in [-0.05, 0) is 43.9 Å². The summed E-state index contributed by atoms with van der Waals surface area (Å²) in [6.07, 6.45) is 0. The van der Waals surface area contributed by atoms with Crippen molar-refractivity contribution in [2.75, 3.05) is 13.7 Å². The first-order chi connectivity index (χ1) is 12.2. The molecule has 25 heavy (non-hydrogen) atoms. The molecule has 0 aliphatic rings. The highest BCUT2D eigenvalue weighted by molar-refractivity contribution is 7.71. The van der Waals surface area contributed by atoms with Gasteiger partial charge in [-0.2, -0.15) is 4.98 Å². The van der Waals surface area contributed by atoms with E-state index >= 15 is 0 Å². The number of ether oxygens (including phenoxy) is 1. The van der Waals surface area contributed by atoms with E-state index in [1.54, 1.807) is 0 Å². The average molecular weight is 354 g/mol. The number of H-pyrrole nitrogens is 1. The molecule has 0 atom stereocenters. The van der Waals surface area contributed by atoms with Crippen molar-refractivity contribution in [1.29, 1.82) is 0 Å². The standard InChI is InChI=1S/C19H22N4OS/c1-3-24-17-11-9-15(10-12-17)13-22(2)14-23-19(25)20-18(21-23)16-7-5-4-6-8-16/h4-12H,3,13-14H2,1-2H3,(H,20,21,25). The molecular weight excluding hydrogens is 332 g/mol. The van der Waals surface area contributed by atoms with Crippen LogP contribution in [-0.2, 0) is 13.2 Å². The lowest BCUT2D eigenvalue weighted by Gasteiger charge is -2.17. The fourth-order valence-corrected chi connectivity index (χ4v) is 2.83. The van der Waals surface area contributed by atoms with Gasteiger partial charge in [-0.1, -0.05) is 42.5 Å². The number of nitrogens with zero attached hydrogens (tertiary/aromatic N) is 3. The third-order valence-electron chi connectivity index (χ3n) is 3.80. The maximum absolute atomic E-state index is 5.48. The maximum atomic E-state index is 5.48. The van der Waals surface area contributed by atoms with Gasteiger partial charge in [0.2, 0.25) is 4.77 Å². The Morgan fingerprint density at radius 2 is 1.84 bits per heavy atom. The molecule has 0 bridgehead atoms. The van der Waals surface area contributed by atoms with Crippen molar-refractivity contribution in [2.24, 2.45) is 0 Å². The lowest BCUT2D eigenvalue weighted by Crippen LogP contribution is -2.22. The first kappa shape index (κ1) is 17.4. The second kappa shape index (κ2) is 8.09. The molecule has 0 saturated heterocycles. The van der Waals surface area contributed by atoms with Crippen LogP contribution in [0.3, 0.4) is 0 Å². The highest BCUT2D eigenvalue weighted by Gasteiger charge is 2.07. The molecule has 1 aromatic heterocycles. The molecule has 0 spiro atoms. The van der Waals surface area contributed by atoms with Gasteiger partial charge in [-0.25, -0.2) is 4.68 Å². The van der Waals surface area contributed by atoms with Gasteiger partial charge in [-0.3, -0.25) is 10.00 Å². The quantitative estimate of drug-likeness (QED) is 0.649. The van der Waals surface area contributed by atoms with Crippen LogP contribution in [0.2, 0.25) is 0 Å². The second-order valence-corrected chi connectivity index (χ2v) is 6.25. The molecule has 1 heterocycles. The van der Waals surface area contributed by atoms with E-state index in [0.29, 0.717) is 18.0 Å². The van der Waals surface area contributed by atoms with E-state index in [9.17, 15) is 0 Å². The van der Waals surface area contributed by atoms with E-state index in [1.807, 2.05) is 54.1 Å². The molecule has 0 aliphatic carbocycles. The lowest BCUT2D eigenvalue weighted by molar-refractivity contribution is 0.244. The van der Waals surface area contributed by atoms with Gasteiger partial charge in [-0.15, -0.1) is 0 Å². The van der Waals surface area contributed by atoms with E-state index in [-0.39, 0.29) is 0 Å². The van der Waals surface area contributed by atoms with Gasteiger partial charge in [0.15, 0.2) is 5.82 Å². The van der Waals surface area contributed by atoms with Crippen molar-refractivity contribution in [1.82, 2.24) is 19.7 Å². The molecule has 0 saturated carbocycles. The topological polar surface area (TPSA) is 46.1 Å². The summed E-state index contributed by atoms with van der Waals surface area (Å²) in [5.41, 5.74) is 2.25. The summed E-state index contributed by atoms with van der Waals surface area (Å²) in [6, 6.07) is 18.2. The summed E-state index contributed by atoms with van der Waals surface area (Å²) in [4.78, 5) is 6.63. The Balaban J connectivity index is 1.66. The predicted molar refractivity (Wildman–Crippen MR) is 102 cm³/mol. The number of hydrogen-bond acceptors (Lipinski definition) is 4. The zero-order valence-corrected chi connectivity index (χ0v) is 15.3. The minimum atomic E-state index is 0.553. The Hall–Kier alpha value is -2.44. The largest absolute Gasteiger partial charge is 0.494 e. The molecule has 130 valence electrons. The second-order valence-electron chi connectivity index (χ2n) is 5.88. The van der Waals surface area contributed by atoms with Crippen molar-refractivity contribution in [3.05, 3.63) is 64.9 Å². The van der Waals surface area contributed by atoms with Gasteiger partial charge in [0.1, 0.15) is 5.75 Å². The highest BCUT2D eigenvalue weighted by Crippen LogP contribution is 2.15. The third-order valence-corrected chi connectivity index (χ3v) is 4.11. The van der Waals surface area contributed by atoms with Gasteiger partial charge < -0.3 is 4.74 Å². The number of nitrogens with one attached hydrogen (secondary N) is 1. The van der Waals surface area contributed by atoms with Crippen LogP contribution < -0.4 is 4.74 Å². The van der Waals surface area contributed by atoms with Crippen molar-refractivity contribution in [3.63, 3.8) is 0 Å². The molecule has 6 heteroatoms. The number of aromatic nitrogens is 3. The van der Waals surface area contributed by atoms with Crippen molar-refractivity contribution >= 4 is 12.2 Å². The first-order valence-corrected chi connectivity index (χ1v) is 8.69. The molecular formula is C19H22N4OS. The van der Waals surface area contributed by atoms with Gasteiger partial charge in [0.25, 0.3) is 0 Å². The molecule has 2 aromatic carbocycles. The Kier molecular flexibility index (Phi) is 5.63. The SMILES string of the molecule is CCOc1ccc(CN(C)Cn2[nH]c(-c3ccccc3)nc2=S)cc1. The van der Waals surface area contributed by atoms with E-state index < -0.39 is 0 Å². The zero-order chi connectivity index (χ0) is 17.6. The van der Waals surface area contributed by atoms with Crippen molar-refractivity contribution < 1.29 is 4.74 Å². The first-order valence-electron chi connectivity index (χ1n) is 8.28. The fourth-order valence-electron chi connectivity index (χ4n) is 2.64. The number of rotatable bonds is 7. The predicted octanol–water partition coefficient (Wildman–Crippen LogP) is 4.10. The van der Waals surface area contributed by atoms with Crippen molar-refractivity contribution in [2.45, 2.75) is 20.1 Å². The van der Waals surface area contributed by atoms with Crippen LogP contribution in [0.5, 0.6) is 5.75 Å². The monoisotopic (exact) mass is 354 g/mol. The molecule has 0 amide bonds. The molecule has 0 radical (unpaired) electrons. The normalized spacial score (nSPS) is 11.0. The van der Waals surface area contributed by atoms with E-state index in [0.717, 1.165) is 23.7 Å². The number of hydrogen-bond donors (Lipinski definition) is 1. The minimum Gasteiger partial charge on any atom is -0.494 e. The molecule has 0 unspecified atom stereocenters. The molecule has 5 nitrogen and oxygen atoms in total. The highest BCUT2D eigenvalue weighted by atomic mass is 32.1. The van der Waals surface area contributed by atoms with Crippen molar-refractivity contribution in [3.8, 4) is 17.1 Å². The molecule has 0 fully saturated rings. The van der Waals surface area contributed by atoms with Crippen LogP contribution in [-0.4, -0.2) is 33.3 Å². The average Bonchev–Trinajstić information content (AvgIpc) is 2.98. The molecule has 0 aliphatic heterocycles. The van der Waals surface area contributed by atoms with Gasteiger partial charge in [0.05, 0.1) is 13.3 Å². The summed E-state index contributed by atoms with van der Waals surface area (Å²) < 4.78 is 7.91. The zero-order valence-electron chi connectivity index (χ0n) is 14.5. The van der Waals surface area contributed by atoms with Crippen LogP contribution in [0.4, 0.5) is 0 Å². The van der Waals surface area contributed by atoms with Crippen LogP contribution in [0, 0.1) is 4.77 Å². The van der Waals surface area contributed by atoms with Crippen LogP contribution in [0.1, 0.15) is 12.5 Å². The summed E-state index contributed by atoms with van der Waals surface area (Å²) in [5, 5.41) is 3.28. The van der Waals surface area contributed by atoms with Crippen LogP contribution in [0.15, 0.2) is 54.6 Å². The number of aromatic amines is 1. The van der Waals surface area contributed by atoms with Crippen LogP contribution >= 0.6 is 12.2 Å². The summed E-state index contributed by atoms with van der Waals surface area (Å²) >= 11 is 5.38. The Labute approximate surface area is 152 Å². The fraction of sp³-hybridized carbons (Fsp3) is 0.263. The third kappa shape index (κ3) is 4.55. The Morgan fingerprint density at radius 3 is 2.52 bits per heavy atom. The van der Waals surface area contributed by atoms with E-state index in [4.69, 9.17) is 17.0 Å². The summed E-state index contributed by atoms with van der Waals surface area (Å²) in [5.74, 6) is 1.69. The molecule has 1 N–H and O–H groups in total. The lowest BCUT2D eigenvalue weighted by atomic mass is 10.2. The van der Waals surface area contributed by atoms with E-state index in [2.05, 4.69) is 34.2 Å². The Morgan fingerprint density at radius 1 is 1.12 bits per heavy atom. The molecule has 3 rings (SSSR count). The van der Waals surface area contributed by atoms with Gasteiger partial charge >= 0.3 is 0 Å². The summed E-state index contributed by atoms with van der Waals surface area (Å²) in [6.45, 7) is 4.13. The maximum Gasteiger partial charge on any atom is 0.217 e. The van der Waals surface area contributed by atoms with Crippen LogP contribution in [0.25, 0.3) is 11.4 Å². The smallest absolute Gasteiger partial charge is 0.217 e. The Bertz CT molecular complexity index is 855. The van der Waals surface area contributed by atoms with E-state index in [1.165, 1.54) is 5.56 Å². The minimum absolute atomic E-state index is 0.553. The molecule has 3 aromatic rings. The summed E-state index contributed by atoms with van der Waals surface area (Å²) in [7, 11) is 2.06.